The molecule has 0 spiro atoms. The van der Waals surface area contributed by atoms with Gasteiger partial charge >= 0.3 is 0 Å². The highest BCUT2D eigenvalue weighted by atomic mass is 32.2. The van der Waals surface area contributed by atoms with E-state index in [0.29, 0.717) is 24.3 Å². The Morgan fingerprint density at radius 1 is 1.13 bits per heavy atom. The Balaban J connectivity index is 1.86. The van der Waals surface area contributed by atoms with E-state index >= 15 is 0 Å². The zero-order chi connectivity index (χ0) is 21.7. The highest BCUT2D eigenvalue weighted by molar-refractivity contribution is 7.89. The third kappa shape index (κ3) is 5.17. The van der Waals surface area contributed by atoms with E-state index in [2.05, 4.69) is 5.32 Å². The highest BCUT2D eigenvalue weighted by Gasteiger charge is 2.34. The summed E-state index contributed by atoms with van der Waals surface area (Å²) in [7, 11) is -2.45. The summed E-state index contributed by atoms with van der Waals surface area (Å²) in [4.78, 5) is 12.8. The molecule has 0 radical (unpaired) electrons. The van der Waals surface area contributed by atoms with Crippen LogP contribution in [0.2, 0.25) is 0 Å². The van der Waals surface area contributed by atoms with Gasteiger partial charge in [0.05, 0.1) is 24.2 Å². The number of methoxy groups -OCH3 is 1. The van der Waals surface area contributed by atoms with E-state index in [4.69, 9.17) is 4.74 Å². The van der Waals surface area contributed by atoms with Crippen molar-refractivity contribution in [2.24, 2.45) is 0 Å². The topological polar surface area (TPSA) is 75.7 Å². The predicted molar refractivity (Wildman–Crippen MR) is 114 cm³/mol. The molecule has 2 aromatic rings. The second-order valence-corrected chi connectivity index (χ2v) is 9.44. The number of anilines is 1. The molecule has 1 amide bonds. The van der Waals surface area contributed by atoms with E-state index < -0.39 is 21.7 Å². The summed E-state index contributed by atoms with van der Waals surface area (Å²) in [6.45, 7) is 1.57. The average Bonchev–Trinajstić information content (AvgIpc) is 2.73. The fourth-order valence-electron chi connectivity index (χ4n) is 3.77. The maximum Gasteiger partial charge on any atom is 0.243 e. The number of benzene rings is 2. The van der Waals surface area contributed by atoms with Crippen molar-refractivity contribution in [3.8, 4) is 5.75 Å². The van der Waals surface area contributed by atoms with Crippen LogP contribution in [0.3, 0.4) is 0 Å². The van der Waals surface area contributed by atoms with Gasteiger partial charge in [0, 0.05) is 6.04 Å². The molecule has 162 valence electrons. The zero-order valence-corrected chi connectivity index (χ0v) is 18.0. The number of ether oxygens (including phenoxy) is 1. The summed E-state index contributed by atoms with van der Waals surface area (Å²) in [5.41, 5.74) is 1.43. The van der Waals surface area contributed by atoms with Crippen molar-refractivity contribution in [1.82, 2.24) is 4.31 Å². The molecule has 30 heavy (non-hydrogen) atoms. The number of nitrogens with one attached hydrogen (secondary N) is 1. The first kappa shape index (κ1) is 22.2. The molecular formula is C22H27FN2O4S. The summed E-state index contributed by atoms with van der Waals surface area (Å²) < 4.78 is 46.5. The van der Waals surface area contributed by atoms with Gasteiger partial charge in [0.2, 0.25) is 15.9 Å². The maximum atomic E-state index is 13.3. The summed E-state index contributed by atoms with van der Waals surface area (Å²) >= 11 is 0. The molecule has 1 saturated carbocycles. The van der Waals surface area contributed by atoms with Gasteiger partial charge in [-0.1, -0.05) is 25.3 Å². The molecule has 0 saturated heterocycles. The Bertz CT molecular complexity index is 987. The van der Waals surface area contributed by atoms with Crippen LogP contribution in [-0.4, -0.2) is 38.3 Å². The van der Waals surface area contributed by atoms with Crippen LogP contribution in [0, 0.1) is 12.7 Å². The van der Waals surface area contributed by atoms with E-state index in [9.17, 15) is 17.6 Å². The minimum absolute atomic E-state index is 0.0181. The number of amides is 1. The molecule has 3 rings (SSSR count). The van der Waals surface area contributed by atoms with Gasteiger partial charge < -0.3 is 10.1 Å². The van der Waals surface area contributed by atoms with Gasteiger partial charge in [-0.25, -0.2) is 12.8 Å². The van der Waals surface area contributed by atoms with Crippen LogP contribution in [0.15, 0.2) is 47.4 Å². The fraction of sp³-hybridized carbons (Fsp3) is 0.409. The lowest BCUT2D eigenvalue weighted by molar-refractivity contribution is -0.116. The van der Waals surface area contributed by atoms with Crippen LogP contribution in [0.4, 0.5) is 10.1 Å². The molecule has 1 aliphatic rings. The molecule has 2 aromatic carbocycles. The third-order valence-electron chi connectivity index (χ3n) is 5.33. The molecule has 0 atom stereocenters. The number of rotatable bonds is 7. The van der Waals surface area contributed by atoms with Gasteiger partial charge in [-0.05, 0) is 61.7 Å². The first-order valence-corrected chi connectivity index (χ1v) is 11.5. The van der Waals surface area contributed by atoms with E-state index in [1.54, 1.807) is 12.1 Å². The third-order valence-corrected chi connectivity index (χ3v) is 7.24. The Hall–Kier alpha value is -2.45. The summed E-state index contributed by atoms with van der Waals surface area (Å²) in [6, 6.07) is 9.83. The van der Waals surface area contributed by atoms with Crippen molar-refractivity contribution in [3.63, 3.8) is 0 Å². The van der Waals surface area contributed by atoms with Crippen LogP contribution in [0.1, 0.15) is 37.7 Å². The number of halogens is 1. The standard InChI is InChI=1S/C22H27FN2O4S/c1-16-8-13-21(29-2)20(14-16)24-22(26)15-25(18-6-4-3-5-7-18)30(27,28)19-11-9-17(23)10-12-19/h8-14,18H,3-7,15H2,1-2H3,(H,24,26). The van der Waals surface area contributed by atoms with Crippen LogP contribution in [0.25, 0.3) is 0 Å². The molecule has 0 unspecified atom stereocenters. The van der Waals surface area contributed by atoms with E-state index in [0.717, 1.165) is 37.0 Å². The first-order chi connectivity index (χ1) is 14.3. The molecule has 0 aromatic heterocycles. The van der Waals surface area contributed by atoms with Crippen LogP contribution < -0.4 is 10.1 Å². The summed E-state index contributed by atoms with van der Waals surface area (Å²) in [6.07, 6.45) is 4.26. The SMILES string of the molecule is COc1ccc(C)cc1NC(=O)CN(C1CCCCC1)S(=O)(=O)c1ccc(F)cc1. The number of carbonyl (C=O) groups excluding carboxylic acids is 1. The number of hydrogen-bond acceptors (Lipinski definition) is 4. The second-order valence-electron chi connectivity index (χ2n) is 7.55. The van der Waals surface area contributed by atoms with Crippen molar-refractivity contribution in [2.45, 2.75) is 50.0 Å². The van der Waals surface area contributed by atoms with Gasteiger partial charge in [0.25, 0.3) is 0 Å². The van der Waals surface area contributed by atoms with Gasteiger partial charge in [-0.3, -0.25) is 4.79 Å². The Morgan fingerprint density at radius 2 is 1.80 bits per heavy atom. The first-order valence-electron chi connectivity index (χ1n) is 10.0. The Labute approximate surface area is 177 Å². The number of sulfonamides is 1. The molecule has 0 bridgehead atoms. The lowest BCUT2D eigenvalue weighted by Gasteiger charge is -2.33. The quantitative estimate of drug-likeness (QED) is 0.712. The predicted octanol–water partition coefficient (Wildman–Crippen LogP) is 4.10. The highest BCUT2D eigenvalue weighted by Crippen LogP contribution is 2.29. The van der Waals surface area contributed by atoms with Crippen LogP contribution in [0.5, 0.6) is 5.75 Å². The Kier molecular flexibility index (Phi) is 7.10. The molecule has 0 aliphatic heterocycles. The zero-order valence-electron chi connectivity index (χ0n) is 17.2. The van der Waals surface area contributed by atoms with E-state index in [-0.39, 0.29) is 17.5 Å². The van der Waals surface area contributed by atoms with E-state index in [1.165, 1.54) is 23.5 Å². The van der Waals surface area contributed by atoms with Crippen molar-refractivity contribution in [1.29, 1.82) is 0 Å². The number of carbonyl (C=O) groups is 1. The fourth-order valence-corrected chi connectivity index (χ4v) is 5.41. The lowest BCUT2D eigenvalue weighted by Crippen LogP contribution is -2.45. The molecule has 8 heteroatoms. The average molecular weight is 435 g/mol. The van der Waals surface area contributed by atoms with Gasteiger partial charge in [-0.15, -0.1) is 0 Å². The van der Waals surface area contributed by atoms with Gasteiger partial charge in [0.1, 0.15) is 11.6 Å². The summed E-state index contributed by atoms with van der Waals surface area (Å²) in [5, 5.41) is 2.77. The Morgan fingerprint density at radius 3 is 2.43 bits per heavy atom. The van der Waals surface area contributed by atoms with Crippen molar-refractivity contribution in [3.05, 3.63) is 53.8 Å². The molecule has 1 N–H and O–H groups in total. The van der Waals surface area contributed by atoms with Gasteiger partial charge in [0.15, 0.2) is 0 Å². The van der Waals surface area contributed by atoms with E-state index in [1.807, 2.05) is 13.0 Å². The minimum atomic E-state index is -3.95. The smallest absolute Gasteiger partial charge is 0.243 e. The normalized spacial score (nSPS) is 15.2. The molecule has 6 nitrogen and oxygen atoms in total. The largest absolute Gasteiger partial charge is 0.495 e. The number of hydrogen-bond donors (Lipinski definition) is 1. The molecule has 1 aliphatic carbocycles. The number of aryl methyl sites for hydroxylation is 1. The monoisotopic (exact) mass is 434 g/mol. The van der Waals surface area contributed by atoms with Crippen molar-refractivity contribution < 1.29 is 22.3 Å². The lowest BCUT2D eigenvalue weighted by atomic mass is 9.95. The summed E-state index contributed by atoms with van der Waals surface area (Å²) in [5.74, 6) is -0.461. The van der Waals surface area contributed by atoms with Crippen LogP contribution in [-0.2, 0) is 14.8 Å². The maximum absolute atomic E-state index is 13.3. The van der Waals surface area contributed by atoms with Gasteiger partial charge in [-0.2, -0.15) is 4.31 Å². The number of nitrogens with zero attached hydrogens (tertiary/aromatic N) is 1. The molecule has 0 heterocycles. The molecular weight excluding hydrogens is 407 g/mol. The van der Waals surface area contributed by atoms with Crippen molar-refractivity contribution in [2.75, 3.05) is 19.0 Å². The minimum Gasteiger partial charge on any atom is -0.495 e. The molecule has 1 fully saturated rings. The van der Waals surface area contributed by atoms with Crippen molar-refractivity contribution >= 4 is 21.6 Å². The second kappa shape index (κ2) is 9.57. The van der Waals surface area contributed by atoms with Crippen LogP contribution >= 0.6 is 0 Å².